The Morgan fingerprint density at radius 1 is 0.848 bits per heavy atom. The first-order valence-corrected chi connectivity index (χ1v) is 23.5. The van der Waals surface area contributed by atoms with E-state index in [2.05, 4.69) is 84.0 Å². The average molecular weight is 505 g/mol. The monoisotopic (exact) mass is 504 g/mol. The molecule has 3 aliphatic rings. The van der Waals surface area contributed by atoms with E-state index in [0.717, 1.165) is 11.7 Å². The summed E-state index contributed by atoms with van der Waals surface area (Å²) in [4.78, 5) is 0. The van der Waals surface area contributed by atoms with Crippen LogP contribution in [0.15, 0.2) is 18.2 Å². The van der Waals surface area contributed by atoms with E-state index in [1.807, 2.05) is 0 Å². The summed E-state index contributed by atoms with van der Waals surface area (Å²) in [6.07, 6.45) is 6.74. The number of benzene rings is 1. The molecule has 33 heavy (non-hydrogen) atoms. The Morgan fingerprint density at radius 3 is 2.12 bits per heavy atom. The first kappa shape index (κ1) is 25.7. The second-order valence-electron chi connectivity index (χ2n) is 14.2. The maximum absolute atomic E-state index is 6.96. The van der Waals surface area contributed by atoms with Crippen molar-refractivity contribution in [2.24, 2.45) is 17.3 Å². The maximum Gasteiger partial charge on any atom is 0.242 e. The molecule has 2 saturated carbocycles. The summed E-state index contributed by atoms with van der Waals surface area (Å²) in [5.74, 6) is 3.22. The van der Waals surface area contributed by atoms with Gasteiger partial charge in [0.05, 0.1) is 12.2 Å². The topological polar surface area (TPSA) is 27.7 Å². The summed E-state index contributed by atoms with van der Waals surface area (Å²) in [6.45, 7) is 23.4. The van der Waals surface area contributed by atoms with Crippen LogP contribution in [0.5, 0.6) is 5.75 Å². The number of hydrogen-bond donors (Lipinski definition) is 0. The van der Waals surface area contributed by atoms with Gasteiger partial charge in [0.1, 0.15) is 5.75 Å². The third-order valence-electron chi connectivity index (χ3n) is 8.02. The molecule has 3 aliphatic carbocycles. The second-order valence-corrected chi connectivity index (χ2v) is 27.5. The first-order valence-electron chi connectivity index (χ1n) is 13.2. The molecule has 0 aromatic heterocycles. The molecule has 6 atom stereocenters. The molecule has 1 aromatic carbocycles. The third-order valence-corrected chi connectivity index (χ3v) is 10.8. The molecule has 0 bridgehead atoms. The fraction of sp³-hybridized carbons (Fsp3) is 0.778. The molecular formula is C27H48O3Si3. The van der Waals surface area contributed by atoms with E-state index in [9.17, 15) is 0 Å². The van der Waals surface area contributed by atoms with Crippen LogP contribution in [0.2, 0.25) is 58.9 Å². The lowest BCUT2D eigenvalue weighted by Gasteiger charge is -2.51. The minimum atomic E-state index is -1.67. The molecule has 4 rings (SSSR count). The van der Waals surface area contributed by atoms with Gasteiger partial charge < -0.3 is 13.3 Å². The highest BCUT2D eigenvalue weighted by Gasteiger charge is 2.60. The van der Waals surface area contributed by atoms with Crippen LogP contribution in [0.25, 0.3) is 0 Å². The van der Waals surface area contributed by atoms with Crippen molar-refractivity contribution in [3.8, 4) is 5.75 Å². The first-order chi connectivity index (χ1) is 15.1. The predicted octanol–water partition coefficient (Wildman–Crippen LogP) is 7.81. The van der Waals surface area contributed by atoms with E-state index in [1.165, 1.54) is 32.1 Å². The van der Waals surface area contributed by atoms with E-state index in [1.54, 1.807) is 11.1 Å². The number of aryl methyl sites for hydroxylation is 1. The Balaban J connectivity index is 1.62. The van der Waals surface area contributed by atoms with Gasteiger partial charge in [0.2, 0.25) is 8.32 Å². The molecule has 0 heterocycles. The zero-order chi connectivity index (χ0) is 24.4. The van der Waals surface area contributed by atoms with Crippen LogP contribution in [-0.2, 0) is 15.3 Å². The lowest BCUT2D eigenvalue weighted by atomic mass is 9.55. The van der Waals surface area contributed by atoms with E-state index in [0.29, 0.717) is 11.8 Å². The number of rotatable bonds is 6. The van der Waals surface area contributed by atoms with Crippen molar-refractivity contribution < 1.29 is 13.3 Å². The standard InChI is InChI=1S/C27H48O3Si3/c1-27-16-15-22-21-14-12-20(28-31(2,3)4)17-19(21)11-13-23(22)24(27)18-25(29-32(5,6)7)26(27)30-33(8,9)10/h12,14,17,22-26H,11,13,15-16,18H2,1-10H3/t22?,23?,24?,25-,26+,27?/m1/s1. The molecule has 0 amide bonds. The van der Waals surface area contributed by atoms with Crippen LogP contribution >= 0.6 is 0 Å². The summed E-state index contributed by atoms with van der Waals surface area (Å²) in [5.41, 5.74) is 3.39. The predicted molar refractivity (Wildman–Crippen MR) is 147 cm³/mol. The minimum Gasteiger partial charge on any atom is -0.544 e. The summed E-state index contributed by atoms with van der Waals surface area (Å²) < 4.78 is 20.1. The van der Waals surface area contributed by atoms with Crippen LogP contribution < -0.4 is 4.43 Å². The fourth-order valence-electron chi connectivity index (χ4n) is 7.07. The Kier molecular flexibility index (Phi) is 6.70. The van der Waals surface area contributed by atoms with Gasteiger partial charge >= 0.3 is 0 Å². The van der Waals surface area contributed by atoms with Gasteiger partial charge in [-0.2, -0.15) is 0 Å². The molecule has 0 spiro atoms. The zero-order valence-electron chi connectivity index (χ0n) is 22.9. The molecule has 1 aromatic rings. The molecule has 0 saturated heterocycles. The average Bonchev–Trinajstić information content (AvgIpc) is 2.89. The van der Waals surface area contributed by atoms with Gasteiger partial charge in [0.25, 0.3) is 0 Å². The maximum atomic E-state index is 6.96. The van der Waals surface area contributed by atoms with Crippen LogP contribution in [0.4, 0.5) is 0 Å². The Bertz CT molecular complexity index is 867. The van der Waals surface area contributed by atoms with Gasteiger partial charge in [-0.1, -0.05) is 13.0 Å². The molecule has 0 radical (unpaired) electrons. The highest BCUT2D eigenvalue weighted by molar-refractivity contribution is 6.70. The smallest absolute Gasteiger partial charge is 0.242 e. The molecule has 2 fully saturated rings. The molecule has 4 unspecified atom stereocenters. The molecule has 0 N–H and O–H groups in total. The molecule has 3 nitrogen and oxygen atoms in total. The lowest BCUT2D eigenvalue weighted by molar-refractivity contribution is -0.0363. The van der Waals surface area contributed by atoms with Gasteiger partial charge in [0.15, 0.2) is 16.6 Å². The van der Waals surface area contributed by atoms with Crippen molar-refractivity contribution in [3.63, 3.8) is 0 Å². The van der Waals surface area contributed by atoms with Crippen LogP contribution in [0, 0.1) is 17.3 Å². The number of fused-ring (bicyclic) bond motifs is 5. The van der Waals surface area contributed by atoms with Crippen molar-refractivity contribution in [1.29, 1.82) is 0 Å². The summed E-state index contributed by atoms with van der Waals surface area (Å²) in [6, 6.07) is 7.02. The van der Waals surface area contributed by atoms with Crippen molar-refractivity contribution in [1.82, 2.24) is 0 Å². The Morgan fingerprint density at radius 2 is 1.52 bits per heavy atom. The highest BCUT2D eigenvalue weighted by atomic mass is 28.4. The molecular weight excluding hydrogens is 457 g/mol. The van der Waals surface area contributed by atoms with Gasteiger partial charge in [0, 0.05) is 0 Å². The van der Waals surface area contributed by atoms with Gasteiger partial charge in [-0.05, 0) is 137 Å². The fourth-order valence-corrected chi connectivity index (χ4v) is 10.2. The highest BCUT2D eigenvalue weighted by Crippen LogP contribution is 2.62. The van der Waals surface area contributed by atoms with Crippen LogP contribution in [0.3, 0.4) is 0 Å². The second kappa shape index (κ2) is 8.61. The van der Waals surface area contributed by atoms with Gasteiger partial charge in [-0.15, -0.1) is 0 Å². The SMILES string of the molecule is CC12CCC3c4ccc(O[Si](C)(C)C)cc4CCC3C1C[C@@H](O[Si](C)(C)C)[C@@H]2O[Si](C)(C)C. The van der Waals surface area contributed by atoms with Crippen LogP contribution in [0.1, 0.15) is 49.7 Å². The van der Waals surface area contributed by atoms with Gasteiger partial charge in [-0.3, -0.25) is 0 Å². The molecule has 6 heteroatoms. The minimum absolute atomic E-state index is 0.240. The van der Waals surface area contributed by atoms with Gasteiger partial charge in [-0.25, -0.2) is 0 Å². The van der Waals surface area contributed by atoms with Crippen molar-refractivity contribution in [2.75, 3.05) is 0 Å². The van der Waals surface area contributed by atoms with Crippen LogP contribution in [-0.4, -0.2) is 37.2 Å². The zero-order valence-corrected chi connectivity index (χ0v) is 25.9. The van der Waals surface area contributed by atoms with Crippen molar-refractivity contribution in [2.45, 2.75) is 116 Å². The summed E-state index contributed by atoms with van der Waals surface area (Å²) in [7, 11) is -4.89. The summed E-state index contributed by atoms with van der Waals surface area (Å²) >= 11 is 0. The largest absolute Gasteiger partial charge is 0.544 e. The molecule has 186 valence electrons. The van der Waals surface area contributed by atoms with E-state index >= 15 is 0 Å². The van der Waals surface area contributed by atoms with E-state index < -0.39 is 25.0 Å². The van der Waals surface area contributed by atoms with E-state index in [4.69, 9.17) is 13.3 Å². The Hall–Kier alpha value is -0.409. The van der Waals surface area contributed by atoms with E-state index in [-0.39, 0.29) is 17.6 Å². The number of hydrogen-bond acceptors (Lipinski definition) is 3. The van der Waals surface area contributed by atoms with Crippen molar-refractivity contribution in [3.05, 3.63) is 29.3 Å². The normalized spacial score (nSPS) is 34.4. The summed E-state index contributed by atoms with van der Waals surface area (Å²) in [5, 5.41) is 0. The quantitative estimate of drug-likeness (QED) is 0.370. The Labute approximate surface area is 206 Å². The molecule has 0 aliphatic heterocycles. The third kappa shape index (κ3) is 5.55. The van der Waals surface area contributed by atoms with Crippen molar-refractivity contribution >= 4 is 25.0 Å². The lowest BCUT2D eigenvalue weighted by Crippen LogP contribution is -2.50.